The van der Waals surface area contributed by atoms with Gasteiger partial charge in [-0.25, -0.2) is 4.79 Å². The summed E-state index contributed by atoms with van der Waals surface area (Å²) >= 11 is 0. The molecule has 280 valence electrons. The molecule has 5 rings (SSSR count). The van der Waals surface area contributed by atoms with Gasteiger partial charge in [0.1, 0.15) is 5.60 Å². The molecule has 13 atom stereocenters. The van der Waals surface area contributed by atoms with Crippen molar-refractivity contribution in [2.45, 2.75) is 142 Å². The fourth-order valence-corrected chi connectivity index (χ4v) is 10.5. The third-order valence-electron chi connectivity index (χ3n) is 12.8. The quantitative estimate of drug-likeness (QED) is 0.209. The Labute approximate surface area is 292 Å². The highest BCUT2D eigenvalue weighted by molar-refractivity contribution is 5.91. The first kappa shape index (κ1) is 38.1. The van der Waals surface area contributed by atoms with E-state index in [1.54, 1.807) is 0 Å². The van der Waals surface area contributed by atoms with Gasteiger partial charge in [0.15, 0.2) is 37.3 Å². The van der Waals surface area contributed by atoms with Crippen molar-refractivity contribution in [2.75, 3.05) is 13.7 Å². The van der Waals surface area contributed by atoms with Crippen LogP contribution in [0.4, 0.5) is 0 Å². The number of hydrogen-bond donors (Lipinski definition) is 1. The Bertz CT molecular complexity index is 1360. The Hall–Kier alpha value is -3.10. The molecule has 14 nitrogen and oxygen atoms in total. The lowest BCUT2D eigenvalue weighted by Gasteiger charge is -2.61. The number of ether oxygens (including phenoxy) is 7. The van der Waals surface area contributed by atoms with Crippen LogP contribution in [0.2, 0.25) is 0 Å². The van der Waals surface area contributed by atoms with Crippen molar-refractivity contribution in [1.29, 1.82) is 0 Å². The molecule has 0 spiro atoms. The van der Waals surface area contributed by atoms with Crippen LogP contribution in [-0.4, -0.2) is 96.9 Å². The number of aliphatic hydroxyl groups is 1. The largest absolute Gasteiger partial charge is 0.467 e. The summed E-state index contributed by atoms with van der Waals surface area (Å²) in [5.41, 5.74) is -2.15. The zero-order valence-electron chi connectivity index (χ0n) is 30.1. The molecule has 4 saturated carbocycles. The van der Waals surface area contributed by atoms with E-state index in [0.717, 1.165) is 53.1 Å². The van der Waals surface area contributed by atoms with Crippen molar-refractivity contribution in [3.05, 3.63) is 0 Å². The van der Waals surface area contributed by atoms with Gasteiger partial charge >= 0.3 is 29.8 Å². The zero-order chi connectivity index (χ0) is 36.8. The van der Waals surface area contributed by atoms with Gasteiger partial charge in [0, 0.05) is 33.1 Å². The van der Waals surface area contributed by atoms with E-state index in [0.29, 0.717) is 37.5 Å². The number of carbonyl (C=O) groups is 6. The van der Waals surface area contributed by atoms with E-state index in [9.17, 15) is 33.9 Å². The van der Waals surface area contributed by atoms with Crippen molar-refractivity contribution < 1.29 is 67.0 Å². The Balaban J connectivity index is 1.33. The lowest BCUT2D eigenvalue weighted by atomic mass is 9.44. The van der Waals surface area contributed by atoms with E-state index in [1.165, 1.54) is 13.8 Å². The van der Waals surface area contributed by atoms with Crippen molar-refractivity contribution in [3.8, 4) is 0 Å². The molecule has 50 heavy (non-hydrogen) atoms. The summed E-state index contributed by atoms with van der Waals surface area (Å²) in [5.74, 6) is -2.93. The molecule has 0 bridgehead atoms. The van der Waals surface area contributed by atoms with E-state index >= 15 is 0 Å². The average molecular weight is 709 g/mol. The van der Waals surface area contributed by atoms with Crippen LogP contribution in [0.1, 0.15) is 99.3 Å². The van der Waals surface area contributed by atoms with E-state index < -0.39 is 84.0 Å². The molecule has 0 aromatic carbocycles. The van der Waals surface area contributed by atoms with Gasteiger partial charge in [-0.3, -0.25) is 24.0 Å². The maximum atomic E-state index is 13.2. The van der Waals surface area contributed by atoms with Crippen LogP contribution in [0.3, 0.4) is 0 Å². The summed E-state index contributed by atoms with van der Waals surface area (Å²) in [6.07, 6.45) is -0.752. The van der Waals surface area contributed by atoms with Crippen molar-refractivity contribution in [1.82, 2.24) is 0 Å². The van der Waals surface area contributed by atoms with Gasteiger partial charge in [-0.05, 0) is 86.9 Å². The molecular weight excluding hydrogens is 656 g/mol. The number of rotatable bonds is 9. The minimum absolute atomic E-state index is 0.0233. The van der Waals surface area contributed by atoms with E-state index in [2.05, 4.69) is 6.92 Å². The van der Waals surface area contributed by atoms with Gasteiger partial charge in [0.2, 0.25) is 5.78 Å². The molecule has 1 heterocycles. The van der Waals surface area contributed by atoms with Gasteiger partial charge in [0.05, 0.1) is 13.2 Å². The van der Waals surface area contributed by atoms with E-state index in [4.69, 9.17) is 33.2 Å². The molecule has 1 aliphatic heterocycles. The van der Waals surface area contributed by atoms with Crippen LogP contribution >= 0.6 is 0 Å². The number of hydrogen-bond acceptors (Lipinski definition) is 14. The van der Waals surface area contributed by atoms with Crippen molar-refractivity contribution in [3.63, 3.8) is 0 Å². The molecule has 0 unspecified atom stereocenters. The fourth-order valence-electron chi connectivity index (χ4n) is 10.5. The Morgan fingerprint density at radius 2 is 1.36 bits per heavy atom. The molecule has 0 amide bonds. The Kier molecular flexibility index (Phi) is 11.1. The highest BCUT2D eigenvalue weighted by Crippen LogP contribution is 2.68. The van der Waals surface area contributed by atoms with Crippen molar-refractivity contribution in [2.24, 2.45) is 34.5 Å². The first-order valence-electron chi connectivity index (χ1n) is 17.7. The van der Waals surface area contributed by atoms with Crippen LogP contribution in [0.25, 0.3) is 0 Å². The van der Waals surface area contributed by atoms with Crippen molar-refractivity contribution >= 4 is 35.6 Å². The van der Waals surface area contributed by atoms with Gasteiger partial charge in [-0.15, -0.1) is 0 Å². The van der Waals surface area contributed by atoms with Crippen LogP contribution in [0, 0.1) is 34.5 Å². The van der Waals surface area contributed by atoms with Crippen LogP contribution in [-0.2, 0) is 61.9 Å². The predicted octanol–water partition coefficient (Wildman–Crippen LogP) is 2.97. The first-order chi connectivity index (χ1) is 23.4. The molecular formula is C36H52O14. The maximum absolute atomic E-state index is 13.2. The minimum atomic E-state index is -1.53. The second kappa shape index (κ2) is 14.5. The molecule has 5 fully saturated rings. The highest BCUT2D eigenvalue weighted by atomic mass is 16.7. The number of carbonyl (C=O) groups excluding carboxylic acids is 6. The molecule has 0 radical (unpaired) electrons. The van der Waals surface area contributed by atoms with E-state index in [-0.39, 0.29) is 23.4 Å². The predicted molar refractivity (Wildman–Crippen MR) is 171 cm³/mol. The molecule has 0 aromatic rings. The average Bonchev–Trinajstić information content (AvgIpc) is 3.32. The Morgan fingerprint density at radius 1 is 0.740 bits per heavy atom. The zero-order valence-corrected chi connectivity index (χ0v) is 30.1. The topological polar surface area (TPSA) is 187 Å². The second-order valence-corrected chi connectivity index (χ2v) is 15.4. The molecule has 1 saturated heterocycles. The van der Waals surface area contributed by atoms with Gasteiger partial charge in [0.25, 0.3) is 0 Å². The van der Waals surface area contributed by atoms with E-state index in [1.807, 2.05) is 6.92 Å². The summed E-state index contributed by atoms with van der Waals surface area (Å²) in [7, 11) is 1.14. The summed E-state index contributed by atoms with van der Waals surface area (Å²) in [5, 5.41) is 11.8. The second-order valence-electron chi connectivity index (χ2n) is 15.4. The summed E-state index contributed by atoms with van der Waals surface area (Å²) < 4.78 is 38.9. The van der Waals surface area contributed by atoms with Crippen LogP contribution in [0.15, 0.2) is 0 Å². The molecule has 1 N–H and O–H groups in total. The lowest BCUT2D eigenvalue weighted by molar-refractivity contribution is -0.315. The number of methoxy groups -OCH3 is 1. The lowest BCUT2D eigenvalue weighted by Crippen LogP contribution is -2.64. The molecule has 4 aliphatic carbocycles. The summed E-state index contributed by atoms with van der Waals surface area (Å²) in [6, 6.07) is 0. The molecule has 14 heteroatoms. The standard InChI is InChI=1S/C36H52O14/c1-18(37)45-17-27(41)36(43)15-12-26-24-9-8-22-16-23(10-13-34(22,5)25(24)11-14-35(26,36)6)49-33-31(48-21(4)40)29(47-20(3)39)28(46-19(2)38)30(50-33)32(42)44-7/h22-26,28-31,33,43H,8-17H2,1-7H3/t22-,23-,24-,25+,26-,28+,29+,30+,31-,33-,34-,35+,36+/m1/s1. The molecule has 5 aliphatic rings. The highest BCUT2D eigenvalue weighted by Gasteiger charge is 2.67. The summed E-state index contributed by atoms with van der Waals surface area (Å²) in [6.45, 7) is 8.66. The number of ketones is 1. The third-order valence-corrected chi connectivity index (χ3v) is 12.8. The maximum Gasteiger partial charge on any atom is 0.339 e. The summed E-state index contributed by atoms with van der Waals surface area (Å²) in [4.78, 5) is 74.0. The normalized spacial score (nSPS) is 42.1. The van der Waals surface area contributed by atoms with Crippen LogP contribution < -0.4 is 0 Å². The van der Waals surface area contributed by atoms with Gasteiger partial charge in [-0.1, -0.05) is 13.8 Å². The first-order valence-corrected chi connectivity index (χ1v) is 17.7. The smallest absolute Gasteiger partial charge is 0.339 e. The third kappa shape index (κ3) is 6.91. The Morgan fingerprint density at radius 3 is 1.98 bits per heavy atom. The van der Waals surface area contributed by atoms with Gasteiger partial charge < -0.3 is 38.3 Å². The number of Topliss-reactive ketones (excluding diaryl/α,β-unsaturated/α-hetero) is 1. The van der Waals surface area contributed by atoms with Crippen LogP contribution in [0.5, 0.6) is 0 Å². The number of esters is 5. The van der Waals surface area contributed by atoms with Gasteiger partial charge in [-0.2, -0.15) is 0 Å². The molecule has 0 aromatic heterocycles. The fraction of sp³-hybridized carbons (Fsp3) is 0.833. The number of fused-ring (bicyclic) bond motifs is 5. The SMILES string of the molecule is COC(=O)[C@H]1O[C@@H](O[C@@H]2CC[C@]3(C)[C@H](CC[C@H]4[C@H]5CC[C@](O)(C(=O)COC(C)=O)[C@@]5(C)CC[C@@H]43)C2)[C@H](OC(C)=O)[C@@H](OC(C)=O)[C@@H]1OC(C)=O. The minimum Gasteiger partial charge on any atom is -0.467 e. The monoisotopic (exact) mass is 708 g/mol.